The van der Waals surface area contributed by atoms with E-state index in [0.29, 0.717) is 16.4 Å². The second kappa shape index (κ2) is 5.37. The maximum absolute atomic E-state index is 11.9. The minimum Gasteiger partial charge on any atom is -0.397 e. The highest BCUT2D eigenvalue weighted by Gasteiger charge is 2.12. The molecule has 0 bridgehead atoms. The van der Waals surface area contributed by atoms with Crippen molar-refractivity contribution in [1.29, 1.82) is 0 Å². The van der Waals surface area contributed by atoms with Gasteiger partial charge in [-0.05, 0) is 30.3 Å². The number of pyridine rings is 1. The number of carbonyl (C=O) groups is 1. The highest BCUT2D eigenvalue weighted by molar-refractivity contribution is 9.10. The molecule has 1 aromatic carbocycles. The van der Waals surface area contributed by atoms with E-state index in [1.165, 1.54) is 6.20 Å². The summed E-state index contributed by atoms with van der Waals surface area (Å²) < 4.78 is 0.836. The number of carbonyl (C=O) groups excluding carboxylic acids is 1. The van der Waals surface area contributed by atoms with E-state index in [4.69, 9.17) is 17.3 Å². The fourth-order valence-corrected chi connectivity index (χ4v) is 2.10. The van der Waals surface area contributed by atoms with Gasteiger partial charge in [-0.3, -0.25) is 4.79 Å². The van der Waals surface area contributed by atoms with Gasteiger partial charge in [-0.15, -0.1) is 0 Å². The summed E-state index contributed by atoms with van der Waals surface area (Å²) in [5, 5.41) is 3.10. The van der Waals surface area contributed by atoms with Gasteiger partial charge in [0.15, 0.2) is 5.69 Å². The number of nitrogens with one attached hydrogen (secondary N) is 1. The normalized spacial score (nSPS) is 10.1. The molecule has 0 aliphatic carbocycles. The zero-order chi connectivity index (χ0) is 13.1. The lowest BCUT2D eigenvalue weighted by atomic mass is 10.2. The molecule has 1 heterocycles. The molecule has 92 valence electrons. The van der Waals surface area contributed by atoms with E-state index < -0.39 is 5.91 Å². The first-order valence-corrected chi connectivity index (χ1v) is 6.22. The van der Waals surface area contributed by atoms with Crippen LogP contribution in [-0.2, 0) is 0 Å². The summed E-state index contributed by atoms with van der Waals surface area (Å²) in [4.78, 5) is 15.9. The van der Waals surface area contributed by atoms with E-state index >= 15 is 0 Å². The summed E-state index contributed by atoms with van der Waals surface area (Å²) in [5.41, 5.74) is 6.68. The number of hydrogen-bond donors (Lipinski definition) is 2. The molecule has 0 aliphatic heterocycles. The molecule has 6 heteroatoms. The summed E-state index contributed by atoms with van der Waals surface area (Å²) in [6, 6.07) is 8.45. The molecule has 1 aromatic heterocycles. The molecular weight excluding hydrogens is 318 g/mol. The maximum atomic E-state index is 11.9. The van der Waals surface area contributed by atoms with Crippen LogP contribution in [0.25, 0.3) is 0 Å². The van der Waals surface area contributed by atoms with Gasteiger partial charge >= 0.3 is 0 Å². The van der Waals surface area contributed by atoms with Crippen LogP contribution >= 0.6 is 27.5 Å². The molecule has 18 heavy (non-hydrogen) atoms. The lowest BCUT2D eigenvalue weighted by Crippen LogP contribution is -2.15. The fourth-order valence-electron chi connectivity index (χ4n) is 1.38. The lowest BCUT2D eigenvalue weighted by molar-refractivity contribution is 0.102. The summed E-state index contributed by atoms with van der Waals surface area (Å²) in [6.45, 7) is 0. The van der Waals surface area contributed by atoms with Crippen LogP contribution in [0.2, 0.25) is 5.02 Å². The molecule has 4 nitrogen and oxygen atoms in total. The Morgan fingerprint density at radius 2 is 2.17 bits per heavy atom. The predicted molar refractivity (Wildman–Crippen MR) is 75.8 cm³/mol. The Labute approximate surface area is 117 Å². The van der Waals surface area contributed by atoms with Crippen molar-refractivity contribution in [1.82, 2.24) is 4.98 Å². The quantitative estimate of drug-likeness (QED) is 0.889. The SMILES string of the molecule is Nc1cccnc1C(=O)Nc1ccc(Br)cc1Cl. The third-order valence-electron chi connectivity index (χ3n) is 2.23. The molecule has 2 rings (SSSR count). The van der Waals surface area contributed by atoms with E-state index in [2.05, 4.69) is 26.2 Å². The summed E-state index contributed by atoms with van der Waals surface area (Å²) in [7, 11) is 0. The van der Waals surface area contributed by atoms with Crippen molar-refractivity contribution in [3.05, 3.63) is 51.7 Å². The Hall–Kier alpha value is -1.59. The average Bonchev–Trinajstić information content (AvgIpc) is 2.33. The van der Waals surface area contributed by atoms with E-state index in [0.717, 1.165) is 4.47 Å². The Kier molecular flexibility index (Phi) is 3.84. The molecule has 0 spiro atoms. The van der Waals surface area contributed by atoms with Crippen LogP contribution < -0.4 is 11.1 Å². The van der Waals surface area contributed by atoms with Gasteiger partial charge in [-0.25, -0.2) is 4.98 Å². The number of nitrogens with two attached hydrogens (primary N) is 1. The van der Waals surface area contributed by atoms with Gasteiger partial charge < -0.3 is 11.1 Å². The van der Waals surface area contributed by atoms with Crippen molar-refractivity contribution in [2.24, 2.45) is 0 Å². The van der Waals surface area contributed by atoms with Crippen LogP contribution in [-0.4, -0.2) is 10.9 Å². The first kappa shape index (κ1) is 12.9. The molecule has 0 aliphatic rings. The van der Waals surface area contributed by atoms with E-state index in [-0.39, 0.29) is 5.69 Å². The topological polar surface area (TPSA) is 68.0 Å². The van der Waals surface area contributed by atoms with Gasteiger partial charge in [0.25, 0.3) is 5.91 Å². The molecule has 0 fully saturated rings. The van der Waals surface area contributed by atoms with Crippen LogP contribution in [0.1, 0.15) is 10.5 Å². The van der Waals surface area contributed by atoms with Crippen LogP contribution in [0.15, 0.2) is 41.0 Å². The second-order valence-electron chi connectivity index (χ2n) is 3.52. The van der Waals surface area contributed by atoms with E-state index in [1.807, 2.05) is 0 Å². The van der Waals surface area contributed by atoms with Crippen molar-refractivity contribution in [3.8, 4) is 0 Å². The Balaban J connectivity index is 2.24. The van der Waals surface area contributed by atoms with Crippen molar-refractivity contribution >= 4 is 44.8 Å². The average molecular weight is 327 g/mol. The van der Waals surface area contributed by atoms with Crippen LogP contribution in [0.3, 0.4) is 0 Å². The van der Waals surface area contributed by atoms with Gasteiger partial charge in [-0.2, -0.15) is 0 Å². The Morgan fingerprint density at radius 1 is 1.39 bits per heavy atom. The van der Waals surface area contributed by atoms with Crippen LogP contribution in [0, 0.1) is 0 Å². The van der Waals surface area contributed by atoms with Crippen molar-refractivity contribution in [2.75, 3.05) is 11.1 Å². The zero-order valence-corrected chi connectivity index (χ0v) is 11.5. The highest BCUT2D eigenvalue weighted by atomic mass is 79.9. The second-order valence-corrected chi connectivity index (χ2v) is 4.84. The zero-order valence-electron chi connectivity index (χ0n) is 9.15. The van der Waals surface area contributed by atoms with Gasteiger partial charge in [-0.1, -0.05) is 27.5 Å². The molecule has 3 N–H and O–H groups in total. The fraction of sp³-hybridized carbons (Fsp3) is 0. The minimum atomic E-state index is -0.391. The standard InChI is InChI=1S/C12H9BrClN3O/c13-7-3-4-10(8(14)6-7)17-12(18)11-9(15)2-1-5-16-11/h1-6H,15H2,(H,17,18). The number of hydrogen-bond acceptors (Lipinski definition) is 3. The molecule has 0 saturated heterocycles. The smallest absolute Gasteiger partial charge is 0.276 e. The number of anilines is 2. The predicted octanol–water partition coefficient (Wildman–Crippen LogP) is 3.33. The monoisotopic (exact) mass is 325 g/mol. The third-order valence-corrected chi connectivity index (χ3v) is 3.04. The molecule has 0 atom stereocenters. The number of benzene rings is 1. The van der Waals surface area contributed by atoms with Crippen LogP contribution in [0.4, 0.5) is 11.4 Å². The number of nitrogens with zero attached hydrogens (tertiary/aromatic N) is 1. The third kappa shape index (κ3) is 2.80. The van der Waals surface area contributed by atoms with Crippen molar-refractivity contribution in [2.45, 2.75) is 0 Å². The minimum absolute atomic E-state index is 0.177. The molecular formula is C12H9BrClN3O. The van der Waals surface area contributed by atoms with Gasteiger partial charge in [0.2, 0.25) is 0 Å². The Morgan fingerprint density at radius 3 is 2.83 bits per heavy atom. The molecule has 0 unspecified atom stereocenters. The maximum Gasteiger partial charge on any atom is 0.276 e. The number of nitrogen functional groups attached to an aromatic ring is 1. The first-order valence-electron chi connectivity index (χ1n) is 5.05. The Bertz CT molecular complexity index is 604. The van der Waals surface area contributed by atoms with Gasteiger partial charge in [0.05, 0.1) is 16.4 Å². The number of aromatic nitrogens is 1. The van der Waals surface area contributed by atoms with E-state index in [1.54, 1.807) is 30.3 Å². The van der Waals surface area contributed by atoms with Crippen LogP contribution in [0.5, 0.6) is 0 Å². The molecule has 1 amide bonds. The van der Waals surface area contributed by atoms with Crippen molar-refractivity contribution < 1.29 is 4.79 Å². The lowest BCUT2D eigenvalue weighted by Gasteiger charge is -2.08. The number of rotatable bonds is 2. The summed E-state index contributed by atoms with van der Waals surface area (Å²) >= 11 is 9.29. The van der Waals surface area contributed by atoms with Gasteiger partial charge in [0, 0.05) is 10.7 Å². The molecule has 2 aromatic rings. The number of amides is 1. The largest absolute Gasteiger partial charge is 0.397 e. The highest BCUT2D eigenvalue weighted by Crippen LogP contribution is 2.26. The molecule has 0 radical (unpaired) electrons. The van der Waals surface area contributed by atoms with E-state index in [9.17, 15) is 4.79 Å². The van der Waals surface area contributed by atoms with Crippen molar-refractivity contribution in [3.63, 3.8) is 0 Å². The number of halogens is 2. The summed E-state index contributed by atoms with van der Waals surface area (Å²) in [5.74, 6) is -0.391. The summed E-state index contributed by atoms with van der Waals surface area (Å²) in [6.07, 6.45) is 1.51. The molecule has 0 saturated carbocycles. The first-order chi connectivity index (χ1) is 8.58. The van der Waals surface area contributed by atoms with Gasteiger partial charge in [0.1, 0.15) is 0 Å².